The second-order valence-corrected chi connectivity index (χ2v) is 6.76. The van der Waals surface area contributed by atoms with Crippen LogP contribution >= 0.6 is 0 Å². The highest BCUT2D eigenvalue weighted by Crippen LogP contribution is 2.19. The number of aromatic nitrogens is 2. The number of imidazole rings is 1. The van der Waals surface area contributed by atoms with Crippen LogP contribution in [0.15, 0.2) is 54.9 Å². The monoisotopic (exact) mass is 360 g/mol. The van der Waals surface area contributed by atoms with Gasteiger partial charge in [0.2, 0.25) is 5.91 Å². The highest BCUT2D eigenvalue weighted by atomic mass is 16.2. The number of pyridine rings is 1. The minimum absolute atomic E-state index is 0.0455. The Bertz CT molecular complexity index is 1030. The van der Waals surface area contributed by atoms with E-state index in [1.54, 1.807) is 18.2 Å². The van der Waals surface area contributed by atoms with Gasteiger partial charge in [-0.15, -0.1) is 0 Å². The first kappa shape index (κ1) is 17.0. The zero-order valence-electron chi connectivity index (χ0n) is 15.0. The number of carbonyl (C=O) groups excluding carboxylic acids is 2. The molecule has 1 saturated carbocycles. The second kappa shape index (κ2) is 7.07. The summed E-state index contributed by atoms with van der Waals surface area (Å²) in [5, 5.41) is 5.79. The third-order valence-corrected chi connectivity index (χ3v) is 4.35. The molecule has 0 radical (unpaired) electrons. The fourth-order valence-electron chi connectivity index (χ4n) is 2.79. The maximum atomic E-state index is 12.1. The van der Waals surface area contributed by atoms with Crippen LogP contribution < -0.4 is 10.6 Å². The van der Waals surface area contributed by atoms with E-state index < -0.39 is 0 Å². The minimum atomic E-state index is -0.221. The van der Waals surface area contributed by atoms with Crippen molar-refractivity contribution in [3.63, 3.8) is 0 Å². The van der Waals surface area contributed by atoms with Crippen LogP contribution in [0.5, 0.6) is 0 Å². The van der Waals surface area contributed by atoms with Crippen LogP contribution in [-0.4, -0.2) is 27.2 Å². The van der Waals surface area contributed by atoms with Crippen molar-refractivity contribution >= 4 is 29.2 Å². The summed E-state index contributed by atoms with van der Waals surface area (Å²) in [6, 6.07) is 11.2. The molecule has 0 saturated heterocycles. The van der Waals surface area contributed by atoms with Gasteiger partial charge in [0, 0.05) is 30.1 Å². The summed E-state index contributed by atoms with van der Waals surface area (Å²) in [6.07, 6.45) is 9.06. The predicted molar refractivity (Wildman–Crippen MR) is 105 cm³/mol. The highest BCUT2D eigenvalue weighted by Gasteiger charge is 2.23. The number of carbonyl (C=O) groups is 2. The summed E-state index contributed by atoms with van der Waals surface area (Å²) in [5.41, 5.74) is 3.95. The summed E-state index contributed by atoms with van der Waals surface area (Å²) >= 11 is 0. The lowest BCUT2D eigenvalue weighted by molar-refractivity contribution is -0.111. The molecule has 2 heterocycles. The first-order valence-electron chi connectivity index (χ1n) is 8.92. The minimum Gasteiger partial charge on any atom is -0.349 e. The Hall–Kier alpha value is -3.41. The Labute approximate surface area is 156 Å². The van der Waals surface area contributed by atoms with E-state index in [9.17, 15) is 9.59 Å². The number of fused-ring (bicyclic) bond motifs is 1. The SMILES string of the molecule is Cc1cn2cc(NC(=O)/C=C/c3ccc(C(=O)NC4CC4)cc3)ccc2n1. The molecular formula is C21H20N4O2. The number of aryl methyl sites for hydroxylation is 1. The number of hydrogen-bond acceptors (Lipinski definition) is 3. The molecule has 2 N–H and O–H groups in total. The van der Waals surface area contributed by atoms with Crippen LogP contribution in [0.3, 0.4) is 0 Å². The first-order chi connectivity index (χ1) is 13.1. The van der Waals surface area contributed by atoms with Crippen molar-refractivity contribution < 1.29 is 9.59 Å². The zero-order valence-corrected chi connectivity index (χ0v) is 15.0. The van der Waals surface area contributed by atoms with Gasteiger partial charge in [0.25, 0.3) is 5.91 Å². The lowest BCUT2D eigenvalue weighted by Crippen LogP contribution is -2.25. The van der Waals surface area contributed by atoms with E-state index >= 15 is 0 Å². The molecule has 136 valence electrons. The van der Waals surface area contributed by atoms with E-state index in [-0.39, 0.29) is 11.8 Å². The van der Waals surface area contributed by atoms with Crippen molar-refractivity contribution in [2.45, 2.75) is 25.8 Å². The standard InChI is InChI=1S/C21H20N4O2/c1-14-12-25-13-18(9-10-19(25)22-14)23-20(26)11-4-15-2-5-16(6-3-15)21(27)24-17-7-8-17/h2-6,9-13,17H,7-8H2,1H3,(H,23,26)(H,24,27)/b11-4+. The Morgan fingerprint density at radius 1 is 1.11 bits per heavy atom. The molecule has 0 bridgehead atoms. The lowest BCUT2D eigenvalue weighted by Gasteiger charge is -2.04. The normalized spacial score (nSPS) is 13.8. The molecule has 6 heteroatoms. The van der Waals surface area contributed by atoms with Crippen molar-refractivity contribution in [3.05, 3.63) is 71.7 Å². The Balaban J connectivity index is 1.37. The molecule has 0 spiro atoms. The fraction of sp³-hybridized carbons (Fsp3) is 0.190. The van der Waals surface area contributed by atoms with Gasteiger partial charge in [0.05, 0.1) is 11.4 Å². The van der Waals surface area contributed by atoms with E-state index in [1.165, 1.54) is 6.08 Å². The van der Waals surface area contributed by atoms with Crippen molar-refractivity contribution in [1.82, 2.24) is 14.7 Å². The van der Waals surface area contributed by atoms with E-state index in [4.69, 9.17) is 0 Å². The largest absolute Gasteiger partial charge is 0.349 e. The average molecular weight is 360 g/mol. The summed E-state index contributed by atoms with van der Waals surface area (Å²) in [7, 11) is 0. The molecule has 1 aliphatic carbocycles. The fourth-order valence-corrected chi connectivity index (χ4v) is 2.79. The number of anilines is 1. The quantitative estimate of drug-likeness (QED) is 0.686. The molecule has 1 aliphatic rings. The van der Waals surface area contributed by atoms with Gasteiger partial charge in [-0.25, -0.2) is 4.98 Å². The Morgan fingerprint density at radius 3 is 2.63 bits per heavy atom. The van der Waals surface area contributed by atoms with Crippen LogP contribution in [0.2, 0.25) is 0 Å². The van der Waals surface area contributed by atoms with E-state index in [2.05, 4.69) is 15.6 Å². The van der Waals surface area contributed by atoms with Gasteiger partial charge in [0.1, 0.15) is 5.65 Å². The molecule has 3 aromatic rings. The summed E-state index contributed by atoms with van der Waals surface area (Å²) in [5.74, 6) is -0.266. The van der Waals surface area contributed by atoms with E-state index in [1.807, 2.05) is 48.0 Å². The highest BCUT2D eigenvalue weighted by molar-refractivity contribution is 6.02. The van der Waals surface area contributed by atoms with Crippen molar-refractivity contribution in [2.24, 2.45) is 0 Å². The molecule has 0 unspecified atom stereocenters. The van der Waals surface area contributed by atoms with Crippen molar-refractivity contribution in [2.75, 3.05) is 5.32 Å². The number of nitrogens with zero attached hydrogens (tertiary/aromatic N) is 2. The van der Waals surface area contributed by atoms with E-state index in [0.29, 0.717) is 17.3 Å². The maximum absolute atomic E-state index is 12.1. The Morgan fingerprint density at radius 2 is 1.89 bits per heavy atom. The number of hydrogen-bond donors (Lipinski definition) is 2. The topological polar surface area (TPSA) is 75.5 Å². The van der Waals surface area contributed by atoms with Gasteiger partial charge < -0.3 is 15.0 Å². The summed E-state index contributed by atoms with van der Waals surface area (Å²) < 4.78 is 1.88. The molecule has 1 aromatic carbocycles. The van der Waals surface area contributed by atoms with Crippen LogP contribution in [0.25, 0.3) is 11.7 Å². The molecular weight excluding hydrogens is 340 g/mol. The molecule has 0 aliphatic heterocycles. The zero-order chi connectivity index (χ0) is 18.8. The van der Waals surface area contributed by atoms with E-state index in [0.717, 1.165) is 29.7 Å². The molecule has 27 heavy (non-hydrogen) atoms. The molecule has 0 atom stereocenters. The second-order valence-electron chi connectivity index (χ2n) is 6.76. The van der Waals surface area contributed by atoms with Crippen LogP contribution in [-0.2, 0) is 4.79 Å². The number of nitrogens with one attached hydrogen (secondary N) is 2. The maximum Gasteiger partial charge on any atom is 0.251 e. The summed E-state index contributed by atoms with van der Waals surface area (Å²) in [6.45, 7) is 1.93. The third-order valence-electron chi connectivity index (χ3n) is 4.35. The van der Waals surface area contributed by atoms with Crippen LogP contribution in [0, 0.1) is 6.92 Å². The molecule has 6 nitrogen and oxygen atoms in total. The first-order valence-corrected chi connectivity index (χ1v) is 8.92. The molecule has 2 aromatic heterocycles. The van der Waals surface area contributed by atoms with Gasteiger partial charge >= 0.3 is 0 Å². The predicted octanol–water partition coefficient (Wildman–Crippen LogP) is 3.19. The smallest absolute Gasteiger partial charge is 0.251 e. The molecule has 2 amide bonds. The summed E-state index contributed by atoms with van der Waals surface area (Å²) in [4.78, 5) is 28.5. The van der Waals surface area contributed by atoms with Gasteiger partial charge in [-0.1, -0.05) is 12.1 Å². The number of benzene rings is 1. The number of amides is 2. The van der Waals surface area contributed by atoms with Crippen molar-refractivity contribution in [3.8, 4) is 0 Å². The van der Waals surface area contributed by atoms with Gasteiger partial charge in [0.15, 0.2) is 0 Å². The third kappa shape index (κ3) is 4.23. The van der Waals surface area contributed by atoms with Crippen LogP contribution in [0.1, 0.15) is 34.5 Å². The van der Waals surface area contributed by atoms with Gasteiger partial charge in [-0.05, 0) is 55.7 Å². The van der Waals surface area contributed by atoms with Crippen molar-refractivity contribution in [1.29, 1.82) is 0 Å². The average Bonchev–Trinajstić information content (AvgIpc) is 3.39. The molecule has 4 rings (SSSR count). The Kier molecular flexibility index (Phi) is 4.46. The lowest BCUT2D eigenvalue weighted by atomic mass is 10.1. The number of rotatable bonds is 5. The van der Waals surface area contributed by atoms with Gasteiger partial charge in [-0.2, -0.15) is 0 Å². The van der Waals surface area contributed by atoms with Gasteiger partial charge in [-0.3, -0.25) is 9.59 Å². The molecule has 1 fully saturated rings. The van der Waals surface area contributed by atoms with Crippen LogP contribution in [0.4, 0.5) is 5.69 Å².